The van der Waals surface area contributed by atoms with Crippen LogP contribution in [0.4, 0.5) is 14.7 Å². The molecule has 0 saturated carbocycles. The Morgan fingerprint density at radius 1 is 1.14 bits per heavy atom. The maximum absolute atomic E-state index is 14.9. The minimum absolute atomic E-state index is 0.174. The van der Waals surface area contributed by atoms with Gasteiger partial charge in [0.05, 0.1) is 29.4 Å². The molecular formula is C26H23F2N7OS. The van der Waals surface area contributed by atoms with Crippen LogP contribution in [0.25, 0.3) is 31.8 Å². The standard InChI is InChI=1S/C26H23F2N7OS/c1-26(2,31-15-36)20-7-6-17(27)13-19(20)18-5-3-4-16-12-22(37-24(16)18)23-21(28)14-30-25(33-23)29-8-10-35-11-9-32-34-35/h3-7,9,11-15H,8,10H2,1-2H3,(H,31,36)(H,29,30,33). The zero-order valence-electron chi connectivity index (χ0n) is 20.1. The van der Waals surface area contributed by atoms with Crippen LogP contribution in [-0.4, -0.2) is 37.9 Å². The molecule has 0 aliphatic carbocycles. The molecular weight excluding hydrogens is 496 g/mol. The average molecular weight is 520 g/mol. The number of hydrogen-bond donors (Lipinski definition) is 2. The molecule has 0 saturated heterocycles. The number of anilines is 1. The Bertz CT molecular complexity index is 1570. The van der Waals surface area contributed by atoms with Crippen molar-refractivity contribution in [3.63, 3.8) is 0 Å². The van der Waals surface area contributed by atoms with E-state index < -0.39 is 17.2 Å². The Kier molecular flexibility index (Phi) is 6.62. The minimum Gasteiger partial charge on any atom is -0.352 e. The van der Waals surface area contributed by atoms with Crippen molar-refractivity contribution in [2.45, 2.75) is 25.9 Å². The van der Waals surface area contributed by atoms with Gasteiger partial charge in [-0.3, -0.25) is 9.48 Å². The lowest BCUT2D eigenvalue weighted by atomic mass is 9.87. The van der Waals surface area contributed by atoms with Gasteiger partial charge in [0.2, 0.25) is 12.4 Å². The van der Waals surface area contributed by atoms with Gasteiger partial charge in [0.25, 0.3) is 0 Å². The fourth-order valence-corrected chi connectivity index (χ4v) is 5.34. The highest BCUT2D eigenvalue weighted by molar-refractivity contribution is 7.22. The molecule has 1 amide bonds. The zero-order chi connectivity index (χ0) is 26.0. The number of hydrogen-bond acceptors (Lipinski definition) is 7. The van der Waals surface area contributed by atoms with E-state index in [1.807, 2.05) is 38.1 Å². The van der Waals surface area contributed by atoms with E-state index in [0.29, 0.717) is 35.9 Å². The van der Waals surface area contributed by atoms with Crippen LogP contribution in [-0.2, 0) is 16.9 Å². The summed E-state index contributed by atoms with van der Waals surface area (Å²) in [5, 5.41) is 14.4. The van der Waals surface area contributed by atoms with Gasteiger partial charge in [0, 0.05) is 17.4 Å². The summed E-state index contributed by atoms with van der Waals surface area (Å²) in [6.45, 7) is 4.74. The average Bonchev–Trinajstić information content (AvgIpc) is 3.54. The number of amides is 1. The van der Waals surface area contributed by atoms with Crippen molar-refractivity contribution in [1.29, 1.82) is 0 Å². The molecule has 0 atom stereocenters. The van der Waals surface area contributed by atoms with Crippen molar-refractivity contribution < 1.29 is 13.6 Å². The highest BCUT2D eigenvalue weighted by Gasteiger charge is 2.25. The predicted octanol–water partition coefficient (Wildman–Crippen LogP) is 4.99. The summed E-state index contributed by atoms with van der Waals surface area (Å²) in [7, 11) is 0. The molecule has 0 fully saturated rings. The molecule has 2 N–H and O–H groups in total. The Labute approximate surface area is 215 Å². The summed E-state index contributed by atoms with van der Waals surface area (Å²) >= 11 is 1.36. The number of aromatic nitrogens is 5. The van der Waals surface area contributed by atoms with Crippen LogP contribution in [0.1, 0.15) is 19.4 Å². The maximum Gasteiger partial charge on any atom is 0.223 e. The van der Waals surface area contributed by atoms with E-state index in [9.17, 15) is 13.6 Å². The number of nitrogens with zero attached hydrogens (tertiary/aromatic N) is 5. The molecule has 0 aliphatic heterocycles. The highest BCUT2D eigenvalue weighted by atomic mass is 32.1. The van der Waals surface area contributed by atoms with Gasteiger partial charge >= 0.3 is 0 Å². The molecule has 0 aliphatic rings. The summed E-state index contributed by atoms with van der Waals surface area (Å²) in [5.74, 6) is -0.640. The Morgan fingerprint density at radius 3 is 2.78 bits per heavy atom. The number of nitrogens with one attached hydrogen (secondary N) is 2. The smallest absolute Gasteiger partial charge is 0.223 e. The molecule has 0 spiro atoms. The summed E-state index contributed by atoms with van der Waals surface area (Å²) < 4.78 is 31.8. The molecule has 0 radical (unpaired) electrons. The molecule has 8 nitrogen and oxygen atoms in total. The number of thiophene rings is 1. The summed E-state index contributed by atoms with van der Waals surface area (Å²) in [4.78, 5) is 20.3. The van der Waals surface area contributed by atoms with Crippen LogP contribution in [0.5, 0.6) is 0 Å². The van der Waals surface area contributed by atoms with Gasteiger partial charge in [-0.05, 0) is 54.1 Å². The number of carbonyl (C=O) groups excluding carboxylic acids is 1. The fraction of sp³-hybridized carbons (Fsp3) is 0.192. The fourth-order valence-electron chi connectivity index (χ4n) is 4.16. The lowest BCUT2D eigenvalue weighted by Crippen LogP contribution is -2.35. The van der Waals surface area contributed by atoms with Crippen LogP contribution >= 0.6 is 11.3 Å². The minimum atomic E-state index is -0.737. The summed E-state index contributed by atoms with van der Waals surface area (Å²) in [6.07, 6.45) is 5.11. The van der Waals surface area contributed by atoms with Crippen molar-refractivity contribution in [2.75, 3.05) is 11.9 Å². The summed E-state index contributed by atoms with van der Waals surface area (Å²) in [5.41, 5.74) is 1.63. The van der Waals surface area contributed by atoms with Crippen LogP contribution in [0.2, 0.25) is 0 Å². The Hall–Kier alpha value is -4.25. The SMILES string of the molecule is CC(C)(NC=O)c1ccc(F)cc1-c1cccc2cc(-c3nc(NCCn4ccnn4)ncc3F)sc12. The molecule has 3 aromatic heterocycles. The molecule has 5 rings (SSSR count). The molecule has 5 aromatic rings. The van der Waals surface area contributed by atoms with Gasteiger partial charge in [0.1, 0.15) is 11.5 Å². The second-order valence-corrected chi connectivity index (χ2v) is 9.95. The lowest BCUT2D eigenvalue weighted by Gasteiger charge is -2.27. The van der Waals surface area contributed by atoms with Gasteiger partial charge in [-0.25, -0.2) is 18.7 Å². The van der Waals surface area contributed by atoms with Crippen molar-refractivity contribution in [2.24, 2.45) is 0 Å². The number of fused-ring (bicyclic) bond motifs is 1. The zero-order valence-corrected chi connectivity index (χ0v) is 20.9. The third kappa shape index (κ3) is 5.03. The third-order valence-electron chi connectivity index (χ3n) is 5.98. The normalized spacial score (nSPS) is 11.6. The van der Waals surface area contributed by atoms with Crippen molar-refractivity contribution in [1.82, 2.24) is 30.3 Å². The van der Waals surface area contributed by atoms with E-state index in [4.69, 9.17) is 0 Å². The molecule has 0 unspecified atom stereocenters. The first kappa shape index (κ1) is 24.4. The largest absolute Gasteiger partial charge is 0.352 e. The summed E-state index contributed by atoms with van der Waals surface area (Å²) in [6, 6.07) is 12.1. The number of carbonyl (C=O) groups is 1. The van der Waals surface area contributed by atoms with E-state index in [2.05, 4.69) is 30.9 Å². The molecule has 11 heteroatoms. The number of rotatable bonds is 9. The van der Waals surface area contributed by atoms with Crippen LogP contribution in [0.3, 0.4) is 0 Å². The Balaban J connectivity index is 1.53. The van der Waals surface area contributed by atoms with Crippen molar-refractivity contribution >= 4 is 33.8 Å². The predicted molar refractivity (Wildman–Crippen MR) is 139 cm³/mol. The van der Waals surface area contributed by atoms with Gasteiger partial charge in [-0.15, -0.1) is 16.4 Å². The van der Waals surface area contributed by atoms with Crippen molar-refractivity contribution in [3.05, 3.63) is 78.3 Å². The van der Waals surface area contributed by atoms with E-state index in [1.165, 1.54) is 23.5 Å². The Morgan fingerprint density at radius 2 is 2.00 bits per heavy atom. The maximum atomic E-state index is 14.9. The van der Waals surface area contributed by atoms with Crippen LogP contribution in [0, 0.1) is 11.6 Å². The van der Waals surface area contributed by atoms with Gasteiger partial charge in [-0.1, -0.05) is 29.5 Å². The van der Waals surface area contributed by atoms with Gasteiger partial charge in [0.15, 0.2) is 5.82 Å². The van der Waals surface area contributed by atoms with E-state index >= 15 is 0 Å². The number of halogens is 2. The van der Waals surface area contributed by atoms with Gasteiger partial charge < -0.3 is 10.6 Å². The van der Waals surface area contributed by atoms with E-state index in [1.54, 1.807) is 23.1 Å². The highest BCUT2D eigenvalue weighted by Crippen LogP contribution is 2.42. The monoisotopic (exact) mass is 519 g/mol. The molecule has 0 bridgehead atoms. The van der Waals surface area contributed by atoms with Crippen LogP contribution < -0.4 is 10.6 Å². The third-order valence-corrected chi connectivity index (χ3v) is 7.17. The number of benzene rings is 2. The topological polar surface area (TPSA) is 97.6 Å². The second kappa shape index (κ2) is 10.0. The van der Waals surface area contributed by atoms with E-state index in [-0.39, 0.29) is 5.69 Å². The molecule has 2 aromatic carbocycles. The quantitative estimate of drug-likeness (QED) is 0.266. The molecule has 3 heterocycles. The van der Waals surface area contributed by atoms with Crippen LogP contribution in [0.15, 0.2) is 61.1 Å². The second-order valence-electron chi connectivity index (χ2n) is 8.89. The van der Waals surface area contributed by atoms with E-state index in [0.717, 1.165) is 27.4 Å². The van der Waals surface area contributed by atoms with Crippen molar-refractivity contribution in [3.8, 4) is 21.7 Å². The first-order valence-corrected chi connectivity index (χ1v) is 12.3. The van der Waals surface area contributed by atoms with Gasteiger partial charge in [-0.2, -0.15) is 0 Å². The first-order valence-electron chi connectivity index (χ1n) is 11.5. The molecule has 37 heavy (non-hydrogen) atoms. The first-order chi connectivity index (χ1) is 17.9. The lowest BCUT2D eigenvalue weighted by molar-refractivity contribution is -0.111. The molecule has 188 valence electrons.